The van der Waals surface area contributed by atoms with E-state index in [1.165, 1.54) is 13.8 Å². The second-order valence-corrected chi connectivity index (χ2v) is 25.3. The molecular formula is C62H71NO24. The molecule has 468 valence electrons. The zero-order valence-corrected chi connectivity index (χ0v) is 49.2. The fourth-order valence-electron chi connectivity index (χ4n) is 15.0. The lowest BCUT2D eigenvalue weighted by atomic mass is 9.74. The topological polar surface area (TPSA) is 339 Å². The molecule has 25 heteroatoms. The van der Waals surface area contributed by atoms with E-state index in [1.807, 2.05) is 6.92 Å². The van der Waals surface area contributed by atoms with Crippen molar-refractivity contribution >= 4 is 71.6 Å². The minimum atomic E-state index is -0.985. The van der Waals surface area contributed by atoms with Crippen LogP contribution in [-0.4, -0.2) is 146 Å². The van der Waals surface area contributed by atoms with E-state index >= 15 is 0 Å². The van der Waals surface area contributed by atoms with Gasteiger partial charge in [-0.05, 0) is 92.9 Å². The number of esters is 12. The van der Waals surface area contributed by atoms with Crippen LogP contribution in [0.25, 0.3) is 0 Å². The summed E-state index contributed by atoms with van der Waals surface area (Å²) < 4.78 is 61.6. The number of carbonyl (C=O) groups excluding carboxylic acids is 12. The molecule has 5 heterocycles. The molecule has 21 unspecified atom stereocenters. The van der Waals surface area contributed by atoms with Gasteiger partial charge in [0.1, 0.15) is 61.5 Å². The molecule has 5 saturated heterocycles. The van der Waals surface area contributed by atoms with Crippen molar-refractivity contribution in [2.24, 2.45) is 70.0 Å². The summed E-state index contributed by atoms with van der Waals surface area (Å²) in [5.41, 5.74) is 0.103. The molecule has 0 N–H and O–H groups in total. The molecule has 13 fully saturated rings. The predicted octanol–water partition coefficient (Wildman–Crippen LogP) is 4.01. The molecule has 0 spiro atoms. The molecule has 25 nitrogen and oxygen atoms in total. The Morgan fingerprint density at radius 1 is 0.506 bits per heavy atom. The summed E-state index contributed by atoms with van der Waals surface area (Å²) in [6.45, 7) is 26.3. The average molecular weight is 1210 g/mol. The first kappa shape index (κ1) is 63.3. The maximum absolute atomic E-state index is 11.9. The van der Waals surface area contributed by atoms with Crippen molar-refractivity contribution in [2.45, 2.75) is 154 Å². The van der Waals surface area contributed by atoms with E-state index in [2.05, 4.69) is 43.7 Å². The number of hydrogen-bond donors (Lipinski definition) is 0. The molecule has 0 aromatic carbocycles. The van der Waals surface area contributed by atoms with Crippen molar-refractivity contribution in [2.75, 3.05) is 19.8 Å². The molecule has 87 heavy (non-hydrogen) atoms. The van der Waals surface area contributed by atoms with Crippen molar-refractivity contribution in [3.63, 3.8) is 0 Å². The fourth-order valence-corrected chi connectivity index (χ4v) is 15.0. The highest BCUT2D eigenvalue weighted by Gasteiger charge is 2.73. The van der Waals surface area contributed by atoms with Crippen LogP contribution in [0, 0.1) is 81.3 Å². The molecule has 5 aliphatic heterocycles. The molecule has 8 aliphatic carbocycles. The van der Waals surface area contributed by atoms with Crippen LogP contribution in [0.4, 0.5) is 0 Å². The van der Waals surface area contributed by atoms with Crippen LogP contribution in [-0.2, 0) is 114 Å². The summed E-state index contributed by atoms with van der Waals surface area (Å²) in [6, 6.07) is 2.11. The van der Waals surface area contributed by atoms with Gasteiger partial charge in [-0.1, -0.05) is 32.9 Å². The molecule has 8 saturated carbocycles. The quantitative estimate of drug-likeness (QED) is 0.135. The summed E-state index contributed by atoms with van der Waals surface area (Å²) in [7, 11) is 0. The zero-order chi connectivity index (χ0) is 63.5. The number of fused-ring (bicyclic) bond motifs is 4. The van der Waals surface area contributed by atoms with Crippen molar-refractivity contribution in [1.29, 1.82) is 5.26 Å². The van der Waals surface area contributed by atoms with Gasteiger partial charge in [0.25, 0.3) is 0 Å². The molecule has 8 bridgehead atoms. The Bertz CT molecular complexity index is 3080. The third-order valence-electron chi connectivity index (χ3n) is 19.1. The van der Waals surface area contributed by atoms with Crippen LogP contribution in [0.3, 0.4) is 0 Å². The summed E-state index contributed by atoms with van der Waals surface area (Å²) >= 11 is 0. The smallest absolute Gasteiger partial charge is 0.344 e. The van der Waals surface area contributed by atoms with E-state index < -0.39 is 96.3 Å². The third-order valence-corrected chi connectivity index (χ3v) is 19.1. The van der Waals surface area contributed by atoms with E-state index in [1.54, 1.807) is 20.8 Å². The van der Waals surface area contributed by atoms with Gasteiger partial charge in [-0.2, -0.15) is 5.26 Å². The van der Waals surface area contributed by atoms with Crippen LogP contribution < -0.4 is 0 Å². The predicted molar refractivity (Wildman–Crippen MR) is 288 cm³/mol. The average Bonchev–Trinajstić information content (AvgIpc) is 1.58. The van der Waals surface area contributed by atoms with Crippen molar-refractivity contribution < 1.29 is 114 Å². The Hall–Kier alpha value is -8.17. The lowest BCUT2D eigenvalue weighted by Crippen LogP contribution is -2.39. The minimum absolute atomic E-state index is 0.0128. The van der Waals surface area contributed by atoms with Gasteiger partial charge in [-0.3, -0.25) is 24.0 Å². The highest BCUT2D eigenvalue weighted by molar-refractivity contribution is 5.91. The molecule has 0 aromatic heterocycles. The number of cyclic esters (lactones) is 1. The second kappa shape index (κ2) is 24.5. The first-order valence-electron chi connectivity index (χ1n) is 29.0. The number of nitriles is 1. The van der Waals surface area contributed by atoms with Crippen LogP contribution in [0.5, 0.6) is 0 Å². The number of rotatable bonds is 14. The largest absolute Gasteiger partial charge is 0.462 e. The second-order valence-electron chi connectivity index (χ2n) is 25.3. The highest BCUT2D eigenvalue weighted by Crippen LogP contribution is 2.64. The van der Waals surface area contributed by atoms with E-state index in [9.17, 15) is 62.8 Å². The monoisotopic (exact) mass is 1210 g/mol. The Morgan fingerprint density at radius 3 is 1.38 bits per heavy atom. The minimum Gasteiger partial charge on any atom is -0.462 e. The molecule has 0 radical (unpaired) electrons. The Kier molecular flexibility index (Phi) is 17.9. The summed E-state index contributed by atoms with van der Waals surface area (Å²) in [4.78, 5) is 137. The van der Waals surface area contributed by atoms with Gasteiger partial charge in [0.05, 0.1) is 29.7 Å². The Balaban J connectivity index is 0.000000131. The summed E-state index contributed by atoms with van der Waals surface area (Å²) in [6.07, 6.45) is 3.03. The molecule has 21 atom stereocenters. The van der Waals surface area contributed by atoms with Crippen LogP contribution in [0.1, 0.15) is 99.3 Å². The van der Waals surface area contributed by atoms with Crippen molar-refractivity contribution in [1.82, 2.24) is 0 Å². The van der Waals surface area contributed by atoms with Gasteiger partial charge in [0.2, 0.25) is 0 Å². The molecular weight excluding hydrogens is 1140 g/mol. The van der Waals surface area contributed by atoms with Gasteiger partial charge in [0.15, 0.2) is 18.6 Å². The first-order chi connectivity index (χ1) is 41.0. The van der Waals surface area contributed by atoms with Gasteiger partial charge >= 0.3 is 71.6 Å². The van der Waals surface area contributed by atoms with E-state index in [0.29, 0.717) is 35.5 Å². The van der Waals surface area contributed by atoms with Gasteiger partial charge in [-0.15, -0.1) is 0 Å². The summed E-state index contributed by atoms with van der Waals surface area (Å²) in [5, 5.41) is 9.22. The van der Waals surface area contributed by atoms with Crippen LogP contribution in [0.15, 0.2) is 60.8 Å². The number of ether oxygens (including phenoxy) is 12. The molecule has 0 amide bonds. The van der Waals surface area contributed by atoms with E-state index in [4.69, 9.17) is 52.1 Å². The third kappa shape index (κ3) is 12.2. The lowest BCUT2D eigenvalue weighted by molar-refractivity contribution is -0.168. The normalized spacial score (nSPS) is 37.8. The maximum atomic E-state index is 11.9. The van der Waals surface area contributed by atoms with Crippen LogP contribution >= 0.6 is 0 Å². The van der Waals surface area contributed by atoms with Crippen molar-refractivity contribution in [3.05, 3.63) is 60.8 Å². The first-order valence-corrected chi connectivity index (χ1v) is 29.0. The molecule has 13 aliphatic rings. The maximum Gasteiger partial charge on any atom is 0.344 e. The fraction of sp³-hybridized carbons (Fsp3) is 0.629. The summed E-state index contributed by atoms with van der Waals surface area (Å²) in [5.74, 6) is -3.82. The number of hydrogen-bond acceptors (Lipinski definition) is 25. The Morgan fingerprint density at radius 2 is 0.920 bits per heavy atom. The van der Waals surface area contributed by atoms with Crippen LogP contribution in [0.2, 0.25) is 0 Å². The van der Waals surface area contributed by atoms with E-state index in [0.717, 1.165) is 38.5 Å². The van der Waals surface area contributed by atoms with Gasteiger partial charge in [-0.25, -0.2) is 33.6 Å². The van der Waals surface area contributed by atoms with Gasteiger partial charge in [0, 0.05) is 75.2 Å². The standard InChI is InChI=1S/C15H18O6.C14H16O6.C13H13NO4.C12H14O4.C8H10O4/c1-7(2)13(17)19-6-10(16)20-11-8-4-9-12(11)21-14(18)15(9,3)5-8;1-6(2)13(16)18-5-10(15)19-11-7-3-8-9(4-7)14(17)20-12(8)11;1-6(2)11(15)17-9-7-3-8-10(9)18-12(16)13(8,4-7)5-14;1-5(2)11(13)15-9-6-3-7-8(4-6)12(14)16-10(7)9;1-5(2)8(10)12-6-3-7(9)11-4-6/h8-9,11-12H,1,4-6H2,2-3H3;7-9,11-12H,1,3-5H2,2H3;7-10H,1,3-4H2,2H3;6-10H,1,3-4H2,2H3;6H,1,3-4H2,2H3. The number of nitrogens with zero attached hydrogens (tertiary/aromatic N) is 1. The number of carbonyl (C=O) groups is 12. The SMILES string of the molecule is C=C(C)C(=O)OC1C2CC3C(=O)OC1C3C2.C=C(C)C(=O)OC1C2CC3C1OC(=O)C3(C#N)C2.C=C(C)C(=O)OC1COC(=O)C1.C=C(C)C(=O)OCC(=O)OC1C2CC3C(=O)OC1C3C2.C=C(C)C(=O)OCC(=O)OC1C2CC3C1OC(=O)C3(C)C2. The van der Waals surface area contributed by atoms with E-state index in [-0.39, 0.29) is 132 Å². The molecule has 13 rings (SSSR count). The molecule has 0 aromatic rings. The highest BCUT2D eigenvalue weighted by atomic mass is 16.6. The van der Waals surface area contributed by atoms with Gasteiger partial charge < -0.3 is 56.8 Å². The Labute approximate surface area is 500 Å². The zero-order valence-electron chi connectivity index (χ0n) is 49.2. The van der Waals surface area contributed by atoms with Crippen molar-refractivity contribution in [3.8, 4) is 6.07 Å². The lowest BCUT2D eigenvalue weighted by Gasteiger charge is -2.29.